The van der Waals surface area contributed by atoms with Crippen molar-refractivity contribution in [1.29, 1.82) is 0 Å². The zero-order chi connectivity index (χ0) is 24.0. The van der Waals surface area contributed by atoms with E-state index in [-0.39, 0.29) is 6.09 Å². The molecule has 1 aromatic carbocycles. The van der Waals surface area contributed by atoms with Gasteiger partial charge in [-0.1, -0.05) is 18.2 Å². The van der Waals surface area contributed by atoms with Crippen molar-refractivity contribution in [3.8, 4) is 11.1 Å². The van der Waals surface area contributed by atoms with Gasteiger partial charge >= 0.3 is 6.09 Å². The van der Waals surface area contributed by atoms with E-state index in [9.17, 15) is 4.79 Å². The number of nitrogens with two attached hydrogens (primary N) is 1. The summed E-state index contributed by atoms with van der Waals surface area (Å²) in [6.07, 6.45) is 3.30. The third-order valence-corrected chi connectivity index (χ3v) is 6.50. The van der Waals surface area contributed by atoms with Crippen molar-refractivity contribution in [1.82, 2.24) is 24.5 Å². The first kappa shape index (κ1) is 22.4. The van der Waals surface area contributed by atoms with Crippen LogP contribution in [0, 0.1) is 0 Å². The number of fused-ring (bicyclic) bond motifs is 2. The molecular formula is C24H26BrN7O2. The number of nitrogen functional groups attached to an aromatic ring is 1. The summed E-state index contributed by atoms with van der Waals surface area (Å²) < 4.78 is 7.82. The van der Waals surface area contributed by atoms with E-state index in [0.717, 1.165) is 27.8 Å². The molecule has 4 heterocycles. The Balaban J connectivity index is 1.46. The Morgan fingerprint density at radius 2 is 1.85 bits per heavy atom. The average Bonchev–Trinajstić information content (AvgIpc) is 3.24. The molecule has 0 saturated carbocycles. The molecule has 5 rings (SSSR count). The first-order valence-electron chi connectivity index (χ1n) is 11.1. The Bertz CT molecular complexity index is 1390. The first-order valence-corrected chi connectivity index (χ1v) is 11.9. The molecule has 1 aliphatic heterocycles. The summed E-state index contributed by atoms with van der Waals surface area (Å²) in [6, 6.07) is 10.1. The van der Waals surface area contributed by atoms with Gasteiger partial charge in [-0.25, -0.2) is 9.78 Å². The van der Waals surface area contributed by atoms with Gasteiger partial charge < -0.3 is 20.3 Å². The topological polar surface area (TPSA) is 102 Å². The number of pyridine rings is 1. The molecule has 0 radical (unpaired) electrons. The number of rotatable bonds is 2. The molecule has 1 aliphatic rings. The summed E-state index contributed by atoms with van der Waals surface area (Å²) in [5.74, 6) is 1.19. The van der Waals surface area contributed by atoms with E-state index in [2.05, 4.69) is 37.0 Å². The van der Waals surface area contributed by atoms with Crippen LogP contribution < -0.4 is 10.6 Å². The van der Waals surface area contributed by atoms with E-state index in [1.165, 1.54) is 0 Å². The molecular weight excluding hydrogens is 498 g/mol. The van der Waals surface area contributed by atoms with Crippen molar-refractivity contribution in [3.63, 3.8) is 0 Å². The van der Waals surface area contributed by atoms with Gasteiger partial charge in [-0.15, -0.1) is 0 Å². The Labute approximate surface area is 205 Å². The Morgan fingerprint density at radius 3 is 2.59 bits per heavy atom. The normalized spacial score (nSPS) is 14.7. The number of anilines is 2. The molecule has 0 atom stereocenters. The van der Waals surface area contributed by atoms with Crippen molar-refractivity contribution in [2.24, 2.45) is 0 Å². The summed E-state index contributed by atoms with van der Waals surface area (Å²) >= 11 is 3.61. The number of carbonyl (C=O) groups excluding carboxylic acids is 1. The first-order chi connectivity index (χ1) is 16.2. The average molecular weight is 524 g/mol. The minimum Gasteiger partial charge on any atom is -0.444 e. The van der Waals surface area contributed by atoms with E-state index < -0.39 is 5.60 Å². The highest BCUT2D eigenvalue weighted by Crippen LogP contribution is 2.35. The number of amides is 1. The maximum Gasteiger partial charge on any atom is 0.410 e. The SMILES string of the molecule is CC(C)(C)OC(=O)N1CCN(c2nc3c(-c4cnc5ccccc5c4)cnn3c(N)c2Br)CC1. The molecule has 0 unspecified atom stereocenters. The highest BCUT2D eigenvalue weighted by molar-refractivity contribution is 9.10. The Kier molecular flexibility index (Phi) is 5.55. The number of benzene rings is 1. The number of aromatic nitrogens is 4. The third-order valence-electron chi connectivity index (χ3n) is 5.74. The smallest absolute Gasteiger partial charge is 0.410 e. The van der Waals surface area contributed by atoms with Crippen LogP contribution in [0.2, 0.25) is 0 Å². The molecule has 2 N–H and O–H groups in total. The molecule has 0 aliphatic carbocycles. The van der Waals surface area contributed by atoms with Gasteiger partial charge in [0.25, 0.3) is 0 Å². The van der Waals surface area contributed by atoms with Gasteiger partial charge in [0, 0.05) is 48.9 Å². The van der Waals surface area contributed by atoms with Crippen molar-refractivity contribution >= 4 is 50.2 Å². The van der Waals surface area contributed by atoms with Crippen LogP contribution in [-0.4, -0.2) is 62.4 Å². The summed E-state index contributed by atoms with van der Waals surface area (Å²) in [5, 5.41) is 5.52. The van der Waals surface area contributed by atoms with Gasteiger partial charge in [-0.3, -0.25) is 4.98 Å². The molecule has 34 heavy (non-hydrogen) atoms. The predicted octanol–water partition coefficient (Wildman–Crippen LogP) is 4.35. The lowest BCUT2D eigenvalue weighted by Crippen LogP contribution is -2.50. The lowest BCUT2D eigenvalue weighted by Gasteiger charge is -2.36. The fraction of sp³-hybridized carbons (Fsp3) is 0.333. The molecule has 4 aromatic rings. The van der Waals surface area contributed by atoms with Crippen LogP contribution in [0.5, 0.6) is 0 Å². The summed E-state index contributed by atoms with van der Waals surface area (Å²) in [6.45, 7) is 7.91. The van der Waals surface area contributed by atoms with Gasteiger partial charge in [0.15, 0.2) is 5.65 Å². The van der Waals surface area contributed by atoms with Crippen molar-refractivity contribution in [3.05, 3.63) is 47.2 Å². The van der Waals surface area contributed by atoms with Crippen LogP contribution in [0.3, 0.4) is 0 Å². The number of carbonyl (C=O) groups is 1. The second-order valence-electron chi connectivity index (χ2n) is 9.30. The Morgan fingerprint density at radius 1 is 1.12 bits per heavy atom. The van der Waals surface area contributed by atoms with Gasteiger partial charge in [-0.2, -0.15) is 9.61 Å². The standard InChI is InChI=1S/C24H26BrN7O2/c1-24(2,3)34-23(33)31-10-8-30(9-11-31)22-19(25)20(26)32-21(29-22)17(14-28-32)16-12-15-6-4-5-7-18(15)27-13-16/h4-7,12-14H,8-11,26H2,1-3H3. The fourth-order valence-electron chi connectivity index (χ4n) is 4.04. The maximum absolute atomic E-state index is 12.4. The van der Waals surface area contributed by atoms with Gasteiger partial charge in [0.05, 0.1) is 11.7 Å². The third kappa shape index (κ3) is 4.13. The highest BCUT2D eigenvalue weighted by atomic mass is 79.9. The second-order valence-corrected chi connectivity index (χ2v) is 10.1. The second kappa shape index (κ2) is 8.43. The molecule has 1 amide bonds. The van der Waals surface area contributed by atoms with E-state index in [1.54, 1.807) is 15.6 Å². The van der Waals surface area contributed by atoms with Crippen LogP contribution in [0.15, 0.2) is 47.2 Å². The number of hydrogen-bond donors (Lipinski definition) is 1. The summed E-state index contributed by atoms with van der Waals surface area (Å²) in [5.41, 5.74) is 9.28. The number of ether oxygens (including phenoxy) is 1. The lowest BCUT2D eigenvalue weighted by molar-refractivity contribution is 0.0240. The monoisotopic (exact) mass is 523 g/mol. The number of para-hydroxylation sites is 1. The largest absolute Gasteiger partial charge is 0.444 e. The molecule has 1 saturated heterocycles. The number of nitrogens with zero attached hydrogens (tertiary/aromatic N) is 6. The van der Waals surface area contributed by atoms with Gasteiger partial charge in [0.2, 0.25) is 0 Å². The summed E-state index contributed by atoms with van der Waals surface area (Å²) in [4.78, 5) is 25.8. The van der Waals surface area contributed by atoms with Crippen molar-refractivity contribution in [2.45, 2.75) is 26.4 Å². The van der Waals surface area contributed by atoms with Crippen LogP contribution in [0.4, 0.5) is 16.4 Å². The van der Waals surface area contributed by atoms with Crippen molar-refractivity contribution < 1.29 is 9.53 Å². The zero-order valence-electron chi connectivity index (χ0n) is 19.3. The minimum absolute atomic E-state index is 0.295. The highest BCUT2D eigenvalue weighted by Gasteiger charge is 2.28. The van der Waals surface area contributed by atoms with Gasteiger partial charge in [0.1, 0.15) is 21.7 Å². The number of piperazine rings is 1. The van der Waals surface area contributed by atoms with E-state index in [0.29, 0.717) is 42.1 Å². The van der Waals surface area contributed by atoms with E-state index in [4.69, 9.17) is 15.5 Å². The van der Waals surface area contributed by atoms with Crippen LogP contribution in [-0.2, 0) is 4.74 Å². The number of hydrogen-bond acceptors (Lipinski definition) is 7. The zero-order valence-corrected chi connectivity index (χ0v) is 20.9. The molecule has 3 aromatic heterocycles. The molecule has 0 spiro atoms. The van der Waals surface area contributed by atoms with Crippen LogP contribution >= 0.6 is 15.9 Å². The maximum atomic E-state index is 12.4. The molecule has 0 bridgehead atoms. The van der Waals surface area contributed by atoms with Crippen LogP contribution in [0.25, 0.3) is 27.7 Å². The molecule has 10 heteroatoms. The van der Waals surface area contributed by atoms with Crippen molar-refractivity contribution in [2.75, 3.05) is 36.8 Å². The van der Waals surface area contributed by atoms with Gasteiger partial charge in [-0.05, 0) is 48.8 Å². The predicted molar refractivity (Wildman–Crippen MR) is 136 cm³/mol. The Hall–Kier alpha value is -3.40. The molecule has 176 valence electrons. The van der Waals surface area contributed by atoms with E-state index >= 15 is 0 Å². The quantitative estimate of drug-likeness (QED) is 0.416. The minimum atomic E-state index is -0.520. The molecule has 9 nitrogen and oxygen atoms in total. The molecule has 1 fully saturated rings. The fourth-order valence-corrected chi connectivity index (χ4v) is 4.55. The van der Waals surface area contributed by atoms with E-state index in [1.807, 2.05) is 51.2 Å². The van der Waals surface area contributed by atoms with Crippen LogP contribution in [0.1, 0.15) is 20.8 Å². The summed E-state index contributed by atoms with van der Waals surface area (Å²) in [7, 11) is 0. The number of halogens is 1. The lowest BCUT2D eigenvalue weighted by atomic mass is 10.1.